The van der Waals surface area contributed by atoms with Gasteiger partial charge in [0, 0.05) is 6.08 Å². The van der Waals surface area contributed by atoms with Gasteiger partial charge in [-0.1, -0.05) is 43.7 Å². The standard InChI is InChI=1S/C16H20O3/c1-2-3-7-12-18-13-14-19-16(17)11-10-15-8-5-4-6-9-15/h4-12H,2-3,13-14H2,1H3. The zero-order chi connectivity index (χ0) is 13.8. The number of carbonyl (C=O) groups excluding carboxylic acids is 1. The van der Waals surface area contributed by atoms with Gasteiger partial charge >= 0.3 is 5.97 Å². The number of rotatable bonds is 8. The van der Waals surface area contributed by atoms with Gasteiger partial charge in [-0.05, 0) is 24.1 Å². The quantitative estimate of drug-likeness (QED) is 0.310. The number of ether oxygens (including phenoxy) is 2. The highest BCUT2D eigenvalue weighted by atomic mass is 16.6. The Hall–Kier alpha value is -2.03. The first kappa shape index (κ1) is 15.0. The van der Waals surface area contributed by atoms with Gasteiger partial charge in [-0.15, -0.1) is 0 Å². The SMILES string of the molecule is CCCC=COCCOC(=O)C=Cc1ccccc1. The number of carbonyl (C=O) groups is 1. The second kappa shape index (κ2) is 9.95. The molecule has 19 heavy (non-hydrogen) atoms. The van der Waals surface area contributed by atoms with E-state index in [4.69, 9.17) is 9.47 Å². The van der Waals surface area contributed by atoms with Gasteiger partial charge in [-0.3, -0.25) is 0 Å². The first-order chi connectivity index (χ1) is 9.33. The van der Waals surface area contributed by atoms with Crippen molar-refractivity contribution in [3.05, 3.63) is 54.3 Å². The van der Waals surface area contributed by atoms with Crippen molar-refractivity contribution in [3.8, 4) is 0 Å². The summed E-state index contributed by atoms with van der Waals surface area (Å²) in [5.41, 5.74) is 0.971. The van der Waals surface area contributed by atoms with E-state index in [9.17, 15) is 4.79 Å². The molecular formula is C16H20O3. The second-order valence-corrected chi connectivity index (χ2v) is 3.94. The van der Waals surface area contributed by atoms with Crippen LogP contribution in [0.5, 0.6) is 0 Å². The second-order valence-electron chi connectivity index (χ2n) is 3.94. The summed E-state index contributed by atoms with van der Waals surface area (Å²) in [7, 11) is 0. The van der Waals surface area contributed by atoms with Crippen LogP contribution in [0.2, 0.25) is 0 Å². The Labute approximate surface area is 114 Å². The highest BCUT2D eigenvalue weighted by molar-refractivity contribution is 5.86. The zero-order valence-corrected chi connectivity index (χ0v) is 11.2. The molecule has 0 aliphatic rings. The Morgan fingerprint density at radius 3 is 2.74 bits per heavy atom. The summed E-state index contributed by atoms with van der Waals surface area (Å²) in [5, 5.41) is 0. The van der Waals surface area contributed by atoms with Gasteiger partial charge in [0.25, 0.3) is 0 Å². The average molecular weight is 260 g/mol. The summed E-state index contributed by atoms with van der Waals surface area (Å²) >= 11 is 0. The van der Waals surface area contributed by atoms with Crippen molar-refractivity contribution < 1.29 is 14.3 Å². The summed E-state index contributed by atoms with van der Waals surface area (Å²) in [6.45, 7) is 2.74. The largest absolute Gasteiger partial charge is 0.498 e. The minimum absolute atomic E-state index is 0.258. The molecule has 0 unspecified atom stereocenters. The van der Waals surface area contributed by atoms with Crippen LogP contribution in [0.15, 0.2) is 48.7 Å². The lowest BCUT2D eigenvalue weighted by Crippen LogP contribution is -2.06. The normalized spacial score (nSPS) is 11.0. The molecule has 0 saturated heterocycles. The van der Waals surface area contributed by atoms with E-state index in [-0.39, 0.29) is 12.6 Å². The van der Waals surface area contributed by atoms with Crippen molar-refractivity contribution in [2.45, 2.75) is 19.8 Å². The molecule has 1 rings (SSSR count). The molecule has 0 spiro atoms. The smallest absolute Gasteiger partial charge is 0.330 e. The van der Waals surface area contributed by atoms with Crippen LogP contribution in [0.4, 0.5) is 0 Å². The van der Waals surface area contributed by atoms with Gasteiger partial charge in [0.1, 0.15) is 13.2 Å². The average Bonchev–Trinajstić information content (AvgIpc) is 2.45. The molecule has 0 radical (unpaired) electrons. The molecule has 0 amide bonds. The first-order valence-corrected chi connectivity index (χ1v) is 6.49. The third-order valence-electron chi connectivity index (χ3n) is 2.30. The number of allylic oxidation sites excluding steroid dienone is 1. The maximum Gasteiger partial charge on any atom is 0.330 e. The van der Waals surface area contributed by atoms with E-state index in [1.165, 1.54) is 6.08 Å². The van der Waals surface area contributed by atoms with E-state index >= 15 is 0 Å². The summed E-state index contributed by atoms with van der Waals surface area (Å²) in [6.07, 6.45) is 8.85. The highest BCUT2D eigenvalue weighted by Gasteiger charge is 1.95. The van der Waals surface area contributed by atoms with Crippen molar-refractivity contribution in [1.82, 2.24) is 0 Å². The third-order valence-corrected chi connectivity index (χ3v) is 2.30. The van der Waals surface area contributed by atoms with Crippen molar-refractivity contribution >= 4 is 12.0 Å². The fourth-order valence-corrected chi connectivity index (χ4v) is 1.34. The van der Waals surface area contributed by atoms with E-state index in [2.05, 4.69) is 6.92 Å². The first-order valence-electron chi connectivity index (χ1n) is 6.49. The van der Waals surface area contributed by atoms with E-state index in [0.29, 0.717) is 6.61 Å². The Kier molecular flexibility index (Phi) is 7.87. The van der Waals surface area contributed by atoms with Crippen LogP contribution in [-0.2, 0) is 14.3 Å². The van der Waals surface area contributed by atoms with Gasteiger partial charge in [0.2, 0.25) is 0 Å². The molecule has 0 atom stereocenters. The molecule has 0 aliphatic heterocycles. The van der Waals surface area contributed by atoms with Crippen LogP contribution in [0.1, 0.15) is 25.3 Å². The highest BCUT2D eigenvalue weighted by Crippen LogP contribution is 2.01. The summed E-state index contributed by atoms with van der Waals surface area (Å²) in [5.74, 6) is -0.356. The molecule has 1 aromatic carbocycles. The lowest BCUT2D eigenvalue weighted by atomic mass is 10.2. The fourth-order valence-electron chi connectivity index (χ4n) is 1.34. The van der Waals surface area contributed by atoms with Crippen LogP contribution >= 0.6 is 0 Å². The number of esters is 1. The van der Waals surface area contributed by atoms with E-state index in [1.807, 2.05) is 36.4 Å². The molecule has 0 bridgehead atoms. The van der Waals surface area contributed by atoms with Gasteiger partial charge in [-0.25, -0.2) is 4.79 Å². The lowest BCUT2D eigenvalue weighted by Gasteiger charge is -2.01. The Morgan fingerprint density at radius 2 is 2.00 bits per heavy atom. The monoisotopic (exact) mass is 260 g/mol. The van der Waals surface area contributed by atoms with Crippen LogP contribution in [0.3, 0.4) is 0 Å². The molecule has 0 aliphatic carbocycles. The Balaban J connectivity index is 2.13. The van der Waals surface area contributed by atoms with Crippen molar-refractivity contribution in [3.63, 3.8) is 0 Å². The molecule has 0 N–H and O–H groups in total. The van der Waals surface area contributed by atoms with Crippen molar-refractivity contribution in [1.29, 1.82) is 0 Å². The van der Waals surface area contributed by atoms with Gasteiger partial charge in [0.05, 0.1) is 6.26 Å². The van der Waals surface area contributed by atoms with Crippen LogP contribution in [-0.4, -0.2) is 19.2 Å². The van der Waals surface area contributed by atoms with E-state index in [0.717, 1.165) is 18.4 Å². The van der Waals surface area contributed by atoms with Gasteiger partial charge < -0.3 is 9.47 Å². The number of hydrogen-bond acceptors (Lipinski definition) is 3. The van der Waals surface area contributed by atoms with Crippen molar-refractivity contribution in [2.24, 2.45) is 0 Å². The molecule has 3 heteroatoms. The molecule has 102 valence electrons. The van der Waals surface area contributed by atoms with E-state index in [1.54, 1.807) is 12.3 Å². The van der Waals surface area contributed by atoms with Gasteiger partial charge in [-0.2, -0.15) is 0 Å². The predicted molar refractivity (Wildman–Crippen MR) is 76.4 cm³/mol. The minimum Gasteiger partial charge on any atom is -0.498 e. The number of hydrogen-bond donors (Lipinski definition) is 0. The Bertz CT molecular complexity index is 407. The molecule has 0 heterocycles. The molecule has 1 aromatic rings. The molecule has 3 nitrogen and oxygen atoms in total. The fraction of sp³-hybridized carbons (Fsp3) is 0.312. The van der Waals surface area contributed by atoms with Crippen molar-refractivity contribution in [2.75, 3.05) is 13.2 Å². The maximum atomic E-state index is 11.4. The lowest BCUT2D eigenvalue weighted by molar-refractivity contribution is -0.138. The van der Waals surface area contributed by atoms with Crippen LogP contribution in [0, 0.1) is 0 Å². The summed E-state index contributed by atoms with van der Waals surface area (Å²) in [6, 6.07) is 9.61. The number of benzene rings is 1. The van der Waals surface area contributed by atoms with Crippen LogP contribution < -0.4 is 0 Å². The summed E-state index contributed by atoms with van der Waals surface area (Å²) < 4.78 is 10.2. The summed E-state index contributed by atoms with van der Waals surface area (Å²) in [4.78, 5) is 11.4. The zero-order valence-electron chi connectivity index (χ0n) is 11.2. The predicted octanol–water partition coefficient (Wildman–Crippen LogP) is 3.57. The maximum absolute atomic E-state index is 11.4. The molecular weight excluding hydrogens is 240 g/mol. The molecule has 0 aromatic heterocycles. The topological polar surface area (TPSA) is 35.5 Å². The third kappa shape index (κ3) is 7.82. The van der Waals surface area contributed by atoms with Gasteiger partial charge in [0.15, 0.2) is 0 Å². The van der Waals surface area contributed by atoms with E-state index < -0.39 is 0 Å². The van der Waals surface area contributed by atoms with Crippen LogP contribution in [0.25, 0.3) is 6.08 Å². The Morgan fingerprint density at radius 1 is 1.21 bits per heavy atom. The minimum atomic E-state index is -0.356. The number of unbranched alkanes of at least 4 members (excludes halogenated alkanes) is 1. The molecule has 0 saturated carbocycles. The molecule has 0 fully saturated rings.